The highest BCUT2D eigenvalue weighted by Gasteiger charge is 2.07. The Morgan fingerprint density at radius 1 is 0.870 bits per heavy atom. The lowest BCUT2D eigenvalue weighted by atomic mass is 10.0. The summed E-state index contributed by atoms with van der Waals surface area (Å²) in [4.78, 5) is 12.0. The quantitative estimate of drug-likeness (QED) is 0.581. The Labute approximate surface area is 137 Å². The lowest BCUT2D eigenvalue weighted by Gasteiger charge is -2.06. The van der Waals surface area contributed by atoms with Gasteiger partial charge in [-0.3, -0.25) is 0 Å². The lowest BCUT2D eigenvalue weighted by Crippen LogP contribution is -2.06. The van der Waals surface area contributed by atoms with Crippen LogP contribution in [-0.2, 0) is 4.74 Å². The van der Waals surface area contributed by atoms with Crippen LogP contribution in [0, 0.1) is 6.92 Å². The van der Waals surface area contributed by atoms with Gasteiger partial charge in [-0.2, -0.15) is 0 Å². The number of rotatable bonds is 8. The fourth-order valence-corrected chi connectivity index (χ4v) is 2.36. The van der Waals surface area contributed by atoms with Crippen LogP contribution in [0.3, 0.4) is 0 Å². The maximum atomic E-state index is 12.0. The molecule has 0 atom stereocenters. The predicted molar refractivity (Wildman–Crippen MR) is 92.5 cm³/mol. The van der Waals surface area contributed by atoms with Crippen LogP contribution >= 0.6 is 0 Å². The minimum atomic E-state index is -0.275. The fraction of sp³-hybridized carbons (Fsp3) is 0.350. The highest BCUT2D eigenvalue weighted by molar-refractivity contribution is 5.90. The van der Waals surface area contributed by atoms with E-state index in [0.717, 1.165) is 36.8 Å². The SMILES string of the molecule is Cc1ccc(-c2ccc(C(=O)OCCCCCCO)cc2)cc1. The third kappa shape index (κ3) is 5.53. The molecule has 0 aliphatic rings. The first kappa shape index (κ1) is 17.2. The molecule has 0 unspecified atom stereocenters. The van der Waals surface area contributed by atoms with Gasteiger partial charge in [0.2, 0.25) is 0 Å². The van der Waals surface area contributed by atoms with Gasteiger partial charge < -0.3 is 9.84 Å². The topological polar surface area (TPSA) is 46.5 Å². The molecule has 0 aliphatic heterocycles. The van der Waals surface area contributed by atoms with E-state index in [2.05, 4.69) is 31.2 Å². The van der Waals surface area contributed by atoms with Crippen molar-refractivity contribution < 1.29 is 14.6 Å². The molecule has 1 N–H and O–H groups in total. The van der Waals surface area contributed by atoms with Crippen molar-refractivity contribution in [2.75, 3.05) is 13.2 Å². The van der Waals surface area contributed by atoms with Gasteiger partial charge in [0.15, 0.2) is 0 Å². The van der Waals surface area contributed by atoms with Gasteiger partial charge >= 0.3 is 5.97 Å². The normalized spacial score (nSPS) is 10.5. The zero-order valence-corrected chi connectivity index (χ0v) is 13.6. The second-order valence-electron chi connectivity index (χ2n) is 5.72. The van der Waals surface area contributed by atoms with Crippen LogP contribution in [0.1, 0.15) is 41.6 Å². The fourth-order valence-electron chi connectivity index (χ4n) is 2.36. The van der Waals surface area contributed by atoms with E-state index in [0.29, 0.717) is 12.2 Å². The van der Waals surface area contributed by atoms with Crippen LogP contribution < -0.4 is 0 Å². The zero-order chi connectivity index (χ0) is 16.5. The van der Waals surface area contributed by atoms with Crippen molar-refractivity contribution in [1.82, 2.24) is 0 Å². The molecule has 0 saturated carbocycles. The Balaban J connectivity index is 1.84. The summed E-state index contributed by atoms with van der Waals surface area (Å²) in [7, 11) is 0. The number of benzene rings is 2. The number of aryl methyl sites for hydroxylation is 1. The molecule has 0 radical (unpaired) electrons. The summed E-state index contributed by atoms with van der Waals surface area (Å²) in [6, 6.07) is 15.8. The number of hydrogen-bond donors (Lipinski definition) is 1. The van der Waals surface area contributed by atoms with Crippen molar-refractivity contribution >= 4 is 5.97 Å². The maximum Gasteiger partial charge on any atom is 0.338 e. The Morgan fingerprint density at radius 3 is 2.04 bits per heavy atom. The van der Waals surface area contributed by atoms with Gasteiger partial charge in [-0.05, 0) is 49.4 Å². The highest BCUT2D eigenvalue weighted by Crippen LogP contribution is 2.20. The van der Waals surface area contributed by atoms with Gasteiger partial charge in [-0.25, -0.2) is 4.79 Å². The molecule has 3 nitrogen and oxygen atoms in total. The van der Waals surface area contributed by atoms with Gasteiger partial charge in [-0.1, -0.05) is 48.4 Å². The predicted octanol–water partition coefficient (Wildman–Crippen LogP) is 4.37. The Kier molecular flexibility index (Phi) is 6.82. The maximum absolute atomic E-state index is 12.0. The Bertz CT molecular complexity index is 600. The molecule has 0 amide bonds. The van der Waals surface area contributed by atoms with Crippen molar-refractivity contribution in [1.29, 1.82) is 0 Å². The van der Waals surface area contributed by atoms with Crippen molar-refractivity contribution in [2.24, 2.45) is 0 Å². The van der Waals surface area contributed by atoms with Crippen LogP contribution in [0.15, 0.2) is 48.5 Å². The van der Waals surface area contributed by atoms with Gasteiger partial charge in [0.05, 0.1) is 12.2 Å². The van der Waals surface area contributed by atoms with Gasteiger partial charge in [0, 0.05) is 6.61 Å². The van der Waals surface area contributed by atoms with Gasteiger partial charge in [0.25, 0.3) is 0 Å². The smallest absolute Gasteiger partial charge is 0.338 e. The number of esters is 1. The second kappa shape index (κ2) is 9.11. The van der Waals surface area contributed by atoms with E-state index in [9.17, 15) is 4.79 Å². The number of hydrogen-bond acceptors (Lipinski definition) is 3. The van der Waals surface area contributed by atoms with E-state index in [4.69, 9.17) is 9.84 Å². The van der Waals surface area contributed by atoms with Crippen LogP contribution in [0.25, 0.3) is 11.1 Å². The molecule has 0 bridgehead atoms. The van der Waals surface area contributed by atoms with Crippen molar-refractivity contribution in [3.8, 4) is 11.1 Å². The molecule has 23 heavy (non-hydrogen) atoms. The van der Waals surface area contributed by atoms with Crippen LogP contribution in [0.5, 0.6) is 0 Å². The van der Waals surface area contributed by atoms with Gasteiger partial charge in [-0.15, -0.1) is 0 Å². The molecule has 0 saturated heterocycles. The molecule has 0 aromatic heterocycles. The van der Waals surface area contributed by atoms with Crippen LogP contribution in [0.4, 0.5) is 0 Å². The Morgan fingerprint density at radius 2 is 1.43 bits per heavy atom. The monoisotopic (exact) mass is 312 g/mol. The first-order chi connectivity index (χ1) is 11.2. The molecule has 0 fully saturated rings. The van der Waals surface area contributed by atoms with Crippen molar-refractivity contribution in [2.45, 2.75) is 32.6 Å². The number of aliphatic hydroxyl groups excluding tert-OH is 1. The largest absolute Gasteiger partial charge is 0.462 e. The summed E-state index contributed by atoms with van der Waals surface area (Å²) in [5, 5.41) is 8.69. The minimum Gasteiger partial charge on any atom is -0.462 e. The summed E-state index contributed by atoms with van der Waals surface area (Å²) in [6.45, 7) is 2.73. The van der Waals surface area contributed by atoms with Crippen molar-refractivity contribution in [3.05, 3.63) is 59.7 Å². The molecule has 3 heteroatoms. The van der Waals surface area contributed by atoms with E-state index >= 15 is 0 Å². The third-order valence-electron chi connectivity index (χ3n) is 3.79. The molecule has 2 aromatic rings. The number of carbonyl (C=O) groups excluding carboxylic acids is 1. The number of ether oxygens (including phenoxy) is 1. The molecule has 0 aliphatic carbocycles. The van der Waals surface area contributed by atoms with Gasteiger partial charge in [0.1, 0.15) is 0 Å². The summed E-state index contributed by atoms with van der Waals surface area (Å²) in [5.41, 5.74) is 4.04. The highest BCUT2D eigenvalue weighted by atomic mass is 16.5. The van der Waals surface area contributed by atoms with E-state index in [1.54, 1.807) is 0 Å². The van der Waals surface area contributed by atoms with Crippen molar-refractivity contribution in [3.63, 3.8) is 0 Å². The second-order valence-corrected chi connectivity index (χ2v) is 5.72. The Hall–Kier alpha value is -2.13. The molecule has 0 spiro atoms. The van der Waals surface area contributed by atoms with E-state index in [1.807, 2.05) is 24.3 Å². The van der Waals surface area contributed by atoms with Crippen LogP contribution in [-0.4, -0.2) is 24.3 Å². The van der Waals surface area contributed by atoms with Crippen LogP contribution in [0.2, 0.25) is 0 Å². The number of unbranched alkanes of at least 4 members (excludes halogenated alkanes) is 3. The van der Waals surface area contributed by atoms with E-state index in [1.165, 1.54) is 5.56 Å². The summed E-state index contributed by atoms with van der Waals surface area (Å²) >= 11 is 0. The standard InChI is InChI=1S/C20H24O3/c1-16-6-8-17(9-7-16)18-10-12-19(13-11-18)20(22)23-15-5-3-2-4-14-21/h6-13,21H,2-5,14-15H2,1H3. The van der Waals surface area contributed by atoms with E-state index in [-0.39, 0.29) is 12.6 Å². The minimum absolute atomic E-state index is 0.229. The third-order valence-corrected chi connectivity index (χ3v) is 3.79. The number of aliphatic hydroxyl groups is 1. The number of carbonyl (C=O) groups is 1. The first-order valence-electron chi connectivity index (χ1n) is 8.16. The summed E-state index contributed by atoms with van der Waals surface area (Å²) in [5.74, 6) is -0.275. The van der Waals surface area contributed by atoms with E-state index < -0.39 is 0 Å². The zero-order valence-electron chi connectivity index (χ0n) is 13.6. The summed E-state index contributed by atoms with van der Waals surface area (Å²) in [6.07, 6.45) is 3.60. The average molecular weight is 312 g/mol. The molecule has 122 valence electrons. The molecular weight excluding hydrogens is 288 g/mol. The summed E-state index contributed by atoms with van der Waals surface area (Å²) < 4.78 is 5.27. The molecule has 0 heterocycles. The average Bonchev–Trinajstić information content (AvgIpc) is 2.58. The molecule has 2 rings (SSSR count). The molecule has 2 aromatic carbocycles. The molecular formula is C20H24O3. The first-order valence-corrected chi connectivity index (χ1v) is 8.16. The lowest BCUT2D eigenvalue weighted by molar-refractivity contribution is 0.0497.